The van der Waals surface area contributed by atoms with Gasteiger partial charge in [0.15, 0.2) is 0 Å². The molecule has 2 N–H and O–H groups in total. The molecule has 0 aliphatic heterocycles. The molecule has 0 aliphatic rings. The average Bonchev–Trinajstić information content (AvgIpc) is 3.31. The van der Waals surface area contributed by atoms with Crippen LogP contribution in [0.3, 0.4) is 0 Å². The number of nitrogens with one attached hydrogen (secondary N) is 2. The van der Waals surface area contributed by atoms with E-state index in [1.54, 1.807) is 6.20 Å². The Kier molecular flexibility index (Phi) is 6.42. The number of urea groups is 1. The second kappa shape index (κ2) is 9.95. The maximum Gasteiger partial charge on any atom is 0.319 e. The second-order valence-corrected chi connectivity index (χ2v) is 6.98. The zero-order chi connectivity index (χ0) is 21.3. The summed E-state index contributed by atoms with van der Waals surface area (Å²) in [5.41, 5.74) is 4.65. The van der Waals surface area contributed by atoms with Crippen molar-refractivity contribution in [1.29, 1.82) is 0 Å². The molecule has 0 bridgehead atoms. The highest BCUT2D eigenvalue weighted by molar-refractivity contribution is 5.89. The van der Waals surface area contributed by atoms with Crippen LogP contribution in [0.2, 0.25) is 0 Å². The molecule has 4 aromatic rings. The Morgan fingerprint density at radius 3 is 2.39 bits per heavy atom. The molecule has 5 heteroatoms. The van der Waals surface area contributed by atoms with Gasteiger partial charge in [0.1, 0.15) is 0 Å². The van der Waals surface area contributed by atoms with Crippen molar-refractivity contribution in [2.75, 3.05) is 5.32 Å². The molecule has 0 saturated carbocycles. The third-order valence-corrected chi connectivity index (χ3v) is 4.69. The van der Waals surface area contributed by atoms with Crippen LogP contribution in [0.4, 0.5) is 10.5 Å². The Morgan fingerprint density at radius 1 is 0.839 bits per heavy atom. The van der Waals surface area contributed by atoms with Gasteiger partial charge in [0.25, 0.3) is 0 Å². The first-order valence-electron chi connectivity index (χ1n) is 10.0. The molecule has 152 valence electrons. The third-order valence-electron chi connectivity index (χ3n) is 4.69. The number of rotatable bonds is 5. The van der Waals surface area contributed by atoms with Gasteiger partial charge in [-0.05, 0) is 47.5 Å². The summed E-state index contributed by atoms with van der Waals surface area (Å²) in [7, 11) is 0. The molecule has 2 amide bonds. The molecule has 31 heavy (non-hydrogen) atoms. The van der Waals surface area contributed by atoms with E-state index in [9.17, 15) is 4.79 Å². The lowest BCUT2D eigenvalue weighted by Gasteiger charge is -2.12. The Morgan fingerprint density at radius 2 is 1.58 bits per heavy atom. The Labute approximate surface area is 181 Å². The highest BCUT2D eigenvalue weighted by atomic mass is 16.2. The number of amides is 2. The van der Waals surface area contributed by atoms with Crippen LogP contribution in [-0.4, -0.2) is 15.8 Å². The molecule has 1 aromatic heterocycles. The molecule has 0 radical (unpaired) electrons. The van der Waals surface area contributed by atoms with Crippen LogP contribution >= 0.6 is 0 Å². The highest BCUT2D eigenvalue weighted by Crippen LogP contribution is 2.12. The zero-order valence-electron chi connectivity index (χ0n) is 17.0. The topological polar surface area (TPSA) is 59.0 Å². The van der Waals surface area contributed by atoms with Crippen LogP contribution in [0.25, 0.3) is 0 Å². The van der Waals surface area contributed by atoms with Crippen molar-refractivity contribution in [3.05, 3.63) is 120 Å². The molecule has 0 atom stereocenters. The van der Waals surface area contributed by atoms with E-state index in [0.29, 0.717) is 18.8 Å². The minimum atomic E-state index is -0.262. The summed E-state index contributed by atoms with van der Waals surface area (Å²) in [6.07, 6.45) is 3.68. The summed E-state index contributed by atoms with van der Waals surface area (Å²) in [6.45, 7) is 1.09. The lowest BCUT2D eigenvalue weighted by atomic mass is 10.1. The van der Waals surface area contributed by atoms with Gasteiger partial charge in [-0.15, -0.1) is 0 Å². The molecule has 4 rings (SSSR count). The van der Waals surface area contributed by atoms with E-state index < -0.39 is 0 Å². The quantitative estimate of drug-likeness (QED) is 0.474. The van der Waals surface area contributed by atoms with Crippen molar-refractivity contribution in [1.82, 2.24) is 15.1 Å². The maximum atomic E-state index is 12.4. The Hall–Kier alpha value is -4.30. The van der Waals surface area contributed by atoms with E-state index >= 15 is 0 Å². The van der Waals surface area contributed by atoms with Gasteiger partial charge in [0, 0.05) is 35.8 Å². The zero-order valence-corrected chi connectivity index (χ0v) is 17.0. The van der Waals surface area contributed by atoms with Gasteiger partial charge in [-0.1, -0.05) is 60.4 Å². The standard InChI is InChI=1S/C26H22N4O/c31-26(27-19-23-11-4-5-12-24(23)20-30-17-7-16-28-30)29-25-13-6-10-22(18-25)15-14-21-8-2-1-3-9-21/h1-13,16-18H,19-20H2,(H2,27,29,31). The van der Waals surface area contributed by atoms with E-state index in [-0.39, 0.29) is 6.03 Å². The smallest absolute Gasteiger partial charge is 0.319 e. The minimum Gasteiger partial charge on any atom is -0.334 e. The molecular weight excluding hydrogens is 384 g/mol. The number of hydrogen-bond donors (Lipinski definition) is 2. The van der Waals surface area contributed by atoms with Gasteiger partial charge >= 0.3 is 6.03 Å². The van der Waals surface area contributed by atoms with Crippen LogP contribution < -0.4 is 10.6 Å². The lowest BCUT2D eigenvalue weighted by Crippen LogP contribution is -2.28. The second-order valence-electron chi connectivity index (χ2n) is 6.98. The van der Waals surface area contributed by atoms with Crippen molar-refractivity contribution in [3.8, 4) is 11.8 Å². The minimum absolute atomic E-state index is 0.262. The summed E-state index contributed by atoms with van der Waals surface area (Å²) < 4.78 is 1.86. The number of carbonyl (C=O) groups is 1. The third kappa shape index (κ3) is 5.84. The fourth-order valence-corrected chi connectivity index (χ4v) is 3.14. The van der Waals surface area contributed by atoms with E-state index in [1.807, 2.05) is 95.8 Å². The Bertz CT molecular complexity index is 1200. The number of anilines is 1. The van der Waals surface area contributed by atoms with Gasteiger partial charge in [0.2, 0.25) is 0 Å². The largest absolute Gasteiger partial charge is 0.334 e. The van der Waals surface area contributed by atoms with Crippen molar-refractivity contribution < 1.29 is 4.79 Å². The van der Waals surface area contributed by atoms with Crippen LogP contribution in [0.15, 0.2) is 97.3 Å². The SMILES string of the molecule is O=C(NCc1ccccc1Cn1cccn1)Nc1cccc(C#Cc2ccccc2)c1. The normalized spacial score (nSPS) is 10.1. The van der Waals surface area contributed by atoms with Crippen LogP contribution in [0, 0.1) is 11.8 Å². The van der Waals surface area contributed by atoms with Gasteiger partial charge in [0.05, 0.1) is 6.54 Å². The molecular formula is C26H22N4O. The Balaban J connectivity index is 1.36. The van der Waals surface area contributed by atoms with Crippen molar-refractivity contribution in [3.63, 3.8) is 0 Å². The molecule has 0 aliphatic carbocycles. The van der Waals surface area contributed by atoms with Gasteiger partial charge < -0.3 is 10.6 Å². The van der Waals surface area contributed by atoms with Crippen LogP contribution in [0.5, 0.6) is 0 Å². The number of carbonyl (C=O) groups excluding carboxylic acids is 1. The van der Waals surface area contributed by atoms with E-state index in [1.165, 1.54) is 0 Å². The first-order chi connectivity index (χ1) is 15.3. The summed E-state index contributed by atoms with van der Waals surface area (Å²) in [5, 5.41) is 10.1. The maximum absolute atomic E-state index is 12.4. The number of aromatic nitrogens is 2. The lowest BCUT2D eigenvalue weighted by molar-refractivity contribution is 0.251. The fraction of sp³-hybridized carbons (Fsp3) is 0.0769. The predicted molar refractivity (Wildman–Crippen MR) is 122 cm³/mol. The summed E-state index contributed by atoms with van der Waals surface area (Å²) in [5.74, 6) is 6.26. The molecule has 1 heterocycles. The molecule has 0 fully saturated rings. The molecule has 0 spiro atoms. The first-order valence-corrected chi connectivity index (χ1v) is 10.0. The van der Waals surface area contributed by atoms with Gasteiger partial charge in [-0.3, -0.25) is 4.68 Å². The van der Waals surface area contributed by atoms with Crippen molar-refractivity contribution in [2.24, 2.45) is 0 Å². The predicted octanol–water partition coefficient (Wildman–Crippen LogP) is 4.65. The summed E-state index contributed by atoms with van der Waals surface area (Å²) in [4.78, 5) is 12.4. The summed E-state index contributed by atoms with van der Waals surface area (Å²) in [6, 6.07) is 27.0. The molecule has 5 nitrogen and oxygen atoms in total. The average molecular weight is 406 g/mol. The number of benzene rings is 3. The van der Waals surface area contributed by atoms with Gasteiger partial charge in [-0.25, -0.2) is 4.79 Å². The number of nitrogens with zero attached hydrogens (tertiary/aromatic N) is 2. The molecule has 0 unspecified atom stereocenters. The van der Waals surface area contributed by atoms with E-state index in [4.69, 9.17) is 0 Å². The van der Waals surface area contributed by atoms with Gasteiger partial charge in [-0.2, -0.15) is 5.10 Å². The number of hydrogen-bond acceptors (Lipinski definition) is 2. The molecule has 0 saturated heterocycles. The highest BCUT2D eigenvalue weighted by Gasteiger charge is 2.06. The van der Waals surface area contributed by atoms with Crippen LogP contribution in [0.1, 0.15) is 22.3 Å². The van der Waals surface area contributed by atoms with E-state index in [2.05, 4.69) is 27.6 Å². The monoisotopic (exact) mass is 406 g/mol. The van der Waals surface area contributed by atoms with Crippen molar-refractivity contribution >= 4 is 11.7 Å². The molecule has 3 aromatic carbocycles. The van der Waals surface area contributed by atoms with Crippen molar-refractivity contribution in [2.45, 2.75) is 13.1 Å². The van der Waals surface area contributed by atoms with Crippen LogP contribution in [-0.2, 0) is 13.1 Å². The van der Waals surface area contributed by atoms with E-state index in [0.717, 1.165) is 22.3 Å². The summed E-state index contributed by atoms with van der Waals surface area (Å²) >= 11 is 0. The first kappa shape index (κ1) is 20.0. The fourth-order valence-electron chi connectivity index (χ4n) is 3.14.